The van der Waals surface area contributed by atoms with Gasteiger partial charge < -0.3 is 20.1 Å². The lowest BCUT2D eigenvalue weighted by Crippen LogP contribution is -2.47. The lowest BCUT2D eigenvalue weighted by atomic mass is 10.0. The summed E-state index contributed by atoms with van der Waals surface area (Å²) >= 11 is 8.16. The maximum atomic E-state index is 13.0. The molecule has 0 atom stereocenters. The van der Waals surface area contributed by atoms with E-state index in [4.69, 9.17) is 21.4 Å². The number of ether oxygens (including phenoxy) is 1. The Balaban J connectivity index is 1.08. The van der Waals surface area contributed by atoms with Gasteiger partial charge in [0.05, 0.1) is 29.3 Å². The van der Waals surface area contributed by atoms with Crippen LogP contribution in [0, 0.1) is 0 Å². The van der Waals surface area contributed by atoms with Crippen molar-refractivity contribution in [1.82, 2.24) is 29.7 Å². The summed E-state index contributed by atoms with van der Waals surface area (Å²) in [7, 11) is 0. The zero-order valence-electron chi connectivity index (χ0n) is 23.8. The molecule has 4 aromatic rings. The SMILES string of the molecule is O=C(C=CCN1CCN(CCO)CC1)N1CCc2c(sc3ncnc(Nc4ccc(OCc5ccccn5)c(Cl)c4)c23)C1. The molecule has 0 radical (unpaired) electrons. The number of fused-ring (bicyclic) bond motifs is 3. The van der Waals surface area contributed by atoms with E-state index < -0.39 is 0 Å². The number of halogens is 1. The fourth-order valence-electron chi connectivity index (χ4n) is 5.42. The molecule has 1 amide bonds. The summed E-state index contributed by atoms with van der Waals surface area (Å²) in [6, 6.07) is 11.3. The molecule has 1 aromatic carbocycles. The Morgan fingerprint density at radius 2 is 1.95 bits per heavy atom. The lowest BCUT2D eigenvalue weighted by molar-refractivity contribution is -0.126. The molecule has 0 spiro atoms. The molecule has 10 nitrogen and oxygen atoms in total. The summed E-state index contributed by atoms with van der Waals surface area (Å²) in [6.07, 6.45) is 7.72. The third kappa shape index (κ3) is 7.14. The van der Waals surface area contributed by atoms with Crippen LogP contribution in [-0.2, 0) is 24.4 Å². The van der Waals surface area contributed by atoms with Gasteiger partial charge in [0.25, 0.3) is 0 Å². The Labute approximate surface area is 259 Å². The summed E-state index contributed by atoms with van der Waals surface area (Å²) < 4.78 is 5.86. The Bertz CT molecular complexity index is 1590. The standard InChI is InChI=1S/C31H34ClN7O3S/c32-25-18-22(6-7-26(25)42-20-23-4-1-2-9-33-23)36-30-29-24-8-11-39(19-27(24)43-31(29)35-21-34-30)28(41)5-3-10-37-12-14-38(15-13-37)16-17-40/h1-7,9,18,21,40H,8,10-17,19-20H2,(H,34,35,36). The highest BCUT2D eigenvalue weighted by molar-refractivity contribution is 7.19. The van der Waals surface area contributed by atoms with Crippen molar-refractivity contribution in [3.8, 4) is 5.75 Å². The number of hydrogen-bond acceptors (Lipinski definition) is 10. The van der Waals surface area contributed by atoms with Gasteiger partial charge in [0.15, 0.2) is 0 Å². The number of β-amino-alcohol motifs (C(OH)–C–C–N with tert-alkyl or cyclic N) is 1. The second-order valence-corrected chi connectivity index (χ2v) is 12.1. The van der Waals surface area contributed by atoms with E-state index in [1.54, 1.807) is 29.9 Å². The van der Waals surface area contributed by atoms with Crippen LogP contribution in [0.4, 0.5) is 11.5 Å². The molecule has 6 rings (SSSR count). The summed E-state index contributed by atoms with van der Waals surface area (Å²) in [5, 5.41) is 14.0. The normalized spacial score (nSPS) is 16.1. The van der Waals surface area contributed by atoms with Crippen LogP contribution >= 0.6 is 22.9 Å². The minimum atomic E-state index is 0.0338. The zero-order chi connectivity index (χ0) is 29.6. The first-order valence-electron chi connectivity index (χ1n) is 14.4. The number of carbonyl (C=O) groups is 1. The van der Waals surface area contributed by atoms with E-state index in [-0.39, 0.29) is 12.5 Å². The highest BCUT2D eigenvalue weighted by Gasteiger charge is 2.26. The molecule has 5 heterocycles. The van der Waals surface area contributed by atoms with Crippen molar-refractivity contribution in [2.45, 2.75) is 19.6 Å². The average Bonchev–Trinajstić information content (AvgIpc) is 3.41. The first kappa shape index (κ1) is 29.5. The fourth-order valence-corrected chi connectivity index (χ4v) is 6.86. The number of aromatic nitrogens is 3. The van der Waals surface area contributed by atoms with E-state index in [9.17, 15) is 4.79 Å². The van der Waals surface area contributed by atoms with Crippen molar-refractivity contribution in [3.63, 3.8) is 0 Å². The maximum absolute atomic E-state index is 13.0. The monoisotopic (exact) mass is 619 g/mol. The van der Waals surface area contributed by atoms with Crippen LogP contribution in [0.5, 0.6) is 5.75 Å². The van der Waals surface area contributed by atoms with Crippen molar-refractivity contribution >= 4 is 50.6 Å². The predicted molar refractivity (Wildman–Crippen MR) is 169 cm³/mol. The number of hydrogen-bond donors (Lipinski definition) is 2. The molecular weight excluding hydrogens is 586 g/mol. The summed E-state index contributed by atoms with van der Waals surface area (Å²) in [4.78, 5) is 34.9. The predicted octanol–water partition coefficient (Wildman–Crippen LogP) is 4.11. The van der Waals surface area contributed by atoms with Crippen molar-refractivity contribution in [1.29, 1.82) is 0 Å². The summed E-state index contributed by atoms with van der Waals surface area (Å²) in [5.41, 5.74) is 2.81. The van der Waals surface area contributed by atoms with Crippen molar-refractivity contribution in [3.05, 3.63) is 82.2 Å². The zero-order valence-corrected chi connectivity index (χ0v) is 25.4. The fraction of sp³-hybridized carbons (Fsp3) is 0.355. The second-order valence-electron chi connectivity index (χ2n) is 10.6. The average molecular weight is 620 g/mol. The van der Waals surface area contributed by atoms with Gasteiger partial charge in [-0.3, -0.25) is 19.6 Å². The van der Waals surface area contributed by atoms with E-state index >= 15 is 0 Å². The van der Waals surface area contributed by atoms with Gasteiger partial charge in [0.2, 0.25) is 5.91 Å². The Hall–Kier alpha value is -3.61. The second kappa shape index (κ2) is 13.8. The van der Waals surface area contributed by atoms with Crippen LogP contribution < -0.4 is 10.1 Å². The molecule has 224 valence electrons. The largest absolute Gasteiger partial charge is 0.486 e. The number of pyridine rings is 1. The van der Waals surface area contributed by atoms with Gasteiger partial charge in [-0.25, -0.2) is 9.97 Å². The van der Waals surface area contributed by atoms with Gasteiger partial charge in [-0.05, 0) is 42.3 Å². The van der Waals surface area contributed by atoms with E-state index in [2.05, 4.69) is 30.1 Å². The number of nitrogens with one attached hydrogen (secondary N) is 1. The Morgan fingerprint density at radius 3 is 2.74 bits per heavy atom. The molecule has 1 fully saturated rings. The molecule has 0 saturated carbocycles. The highest BCUT2D eigenvalue weighted by atomic mass is 35.5. The van der Waals surface area contributed by atoms with Crippen molar-refractivity contribution in [2.75, 3.05) is 57.7 Å². The maximum Gasteiger partial charge on any atom is 0.246 e. The molecule has 0 bridgehead atoms. The topological polar surface area (TPSA) is 107 Å². The third-order valence-electron chi connectivity index (χ3n) is 7.75. The number of carbonyl (C=O) groups excluding carboxylic acids is 1. The smallest absolute Gasteiger partial charge is 0.246 e. The molecule has 2 aliphatic heterocycles. The number of rotatable bonds is 10. The molecule has 0 unspecified atom stereocenters. The molecule has 12 heteroatoms. The van der Waals surface area contributed by atoms with E-state index in [0.29, 0.717) is 30.5 Å². The quantitative estimate of drug-likeness (QED) is 0.254. The van der Waals surface area contributed by atoms with Crippen LogP contribution in [0.3, 0.4) is 0 Å². The Morgan fingerprint density at radius 1 is 1.09 bits per heavy atom. The number of amides is 1. The van der Waals surface area contributed by atoms with Gasteiger partial charge >= 0.3 is 0 Å². The summed E-state index contributed by atoms with van der Waals surface area (Å²) in [5.74, 6) is 1.34. The molecule has 1 saturated heterocycles. The van der Waals surface area contributed by atoms with E-state index in [1.165, 1.54) is 5.56 Å². The van der Waals surface area contributed by atoms with Crippen LogP contribution in [0.2, 0.25) is 5.02 Å². The number of aliphatic hydroxyl groups is 1. The van der Waals surface area contributed by atoms with Crippen LogP contribution in [-0.4, -0.2) is 93.1 Å². The number of anilines is 2. The number of aliphatic hydroxyl groups excluding tert-OH is 1. The minimum absolute atomic E-state index is 0.0338. The van der Waals surface area contributed by atoms with Crippen LogP contribution in [0.15, 0.2) is 61.1 Å². The number of thiophene rings is 1. The van der Waals surface area contributed by atoms with Crippen molar-refractivity contribution < 1.29 is 14.6 Å². The van der Waals surface area contributed by atoms with Gasteiger partial charge in [0.1, 0.15) is 29.3 Å². The minimum Gasteiger partial charge on any atom is -0.486 e. The lowest BCUT2D eigenvalue weighted by Gasteiger charge is -2.33. The van der Waals surface area contributed by atoms with Gasteiger partial charge in [-0.1, -0.05) is 23.7 Å². The molecule has 3 aromatic heterocycles. The van der Waals surface area contributed by atoms with Crippen LogP contribution in [0.1, 0.15) is 16.1 Å². The van der Waals surface area contributed by atoms with Gasteiger partial charge in [-0.2, -0.15) is 0 Å². The first-order valence-corrected chi connectivity index (χ1v) is 15.6. The molecule has 2 N–H and O–H groups in total. The van der Waals surface area contributed by atoms with E-state index in [0.717, 1.165) is 78.0 Å². The van der Waals surface area contributed by atoms with Crippen molar-refractivity contribution in [2.24, 2.45) is 0 Å². The van der Waals surface area contributed by atoms with Gasteiger partial charge in [0, 0.05) is 68.7 Å². The molecule has 43 heavy (non-hydrogen) atoms. The third-order valence-corrected chi connectivity index (χ3v) is 9.17. The Kier molecular flexibility index (Phi) is 9.45. The molecule has 0 aliphatic carbocycles. The number of nitrogens with zero attached hydrogens (tertiary/aromatic N) is 6. The van der Waals surface area contributed by atoms with Crippen LogP contribution in [0.25, 0.3) is 10.2 Å². The first-order chi connectivity index (χ1) is 21.1. The molecule has 2 aliphatic rings. The molecular formula is C31H34ClN7O3S. The van der Waals surface area contributed by atoms with E-state index in [1.807, 2.05) is 47.4 Å². The highest BCUT2D eigenvalue weighted by Crippen LogP contribution is 2.39. The number of benzene rings is 1. The summed E-state index contributed by atoms with van der Waals surface area (Å²) in [6.45, 7) is 7.00. The van der Waals surface area contributed by atoms with Gasteiger partial charge in [-0.15, -0.1) is 11.3 Å². The number of piperazine rings is 1.